The third kappa shape index (κ3) is 2.58. The largest absolute Gasteiger partial charge is 0.352 e. The Bertz CT molecular complexity index is 328. The van der Waals surface area contributed by atoms with Gasteiger partial charge >= 0.3 is 0 Å². The molecule has 0 fully saturated rings. The van der Waals surface area contributed by atoms with Gasteiger partial charge in [-0.05, 0) is 30.4 Å². The zero-order chi connectivity index (χ0) is 10.7. The SMILES string of the molecule is Cc1scc(CNC(=O)C(C)C)c1C. The molecule has 0 saturated carbocycles. The molecule has 0 unspecified atom stereocenters. The summed E-state index contributed by atoms with van der Waals surface area (Å²) in [6, 6.07) is 0. The van der Waals surface area contributed by atoms with Crippen LogP contribution in [-0.4, -0.2) is 5.91 Å². The quantitative estimate of drug-likeness (QED) is 0.818. The van der Waals surface area contributed by atoms with E-state index in [1.54, 1.807) is 11.3 Å². The Hall–Kier alpha value is -0.830. The maximum Gasteiger partial charge on any atom is 0.222 e. The van der Waals surface area contributed by atoms with Gasteiger partial charge in [0, 0.05) is 17.3 Å². The number of hydrogen-bond acceptors (Lipinski definition) is 2. The molecule has 0 atom stereocenters. The lowest BCUT2D eigenvalue weighted by Gasteiger charge is -2.07. The average molecular weight is 211 g/mol. The van der Waals surface area contributed by atoms with E-state index in [0.717, 1.165) is 0 Å². The minimum absolute atomic E-state index is 0.0649. The summed E-state index contributed by atoms with van der Waals surface area (Å²) in [4.78, 5) is 12.7. The van der Waals surface area contributed by atoms with E-state index in [9.17, 15) is 4.79 Å². The zero-order valence-corrected chi connectivity index (χ0v) is 9.99. The number of carbonyl (C=O) groups excluding carboxylic acids is 1. The molecule has 0 radical (unpaired) electrons. The lowest BCUT2D eigenvalue weighted by atomic mass is 10.1. The third-order valence-corrected chi connectivity index (χ3v) is 3.43. The third-order valence-electron chi connectivity index (χ3n) is 2.37. The van der Waals surface area contributed by atoms with Crippen molar-refractivity contribution in [3.05, 3.63) is 21.4 Å². The van der Waals surface area contributed by atoms with Crippen molar-refractivity contribution in [3.63, 3.8) is 0 Å². The predicted molar refractivity (Wildman–Crippen MR) is 60.5 cm³/mol. The molecule has 3 heteroatoms. The summed E-state index contributed by atoms with van der Waals surface area (Å²) < 4.78 is 0. The fourth-order valence-electron chi connectivity index (χ4n) is 1.12. The van der Waals surface area contributed by atoms with E-state index in [2.05, 4.69) is 24.5 Å². The summed E-state index contributed by atoms with van der Waals surface area (Å²) in [6.45, 7) is 8.67. The molecule has 0 aromatic carbocycles. The van der Waals surface area contributed by atoms with Crippen LogP contribution < -0.4 is 5.32 Å². The monoisotopic (exact) mass is 211 g/mol. The fourth-order valence-corrected chi connectivity index (χ4v) is 2.01. The van der Waals surface area contributed by atoms with Crippen LogP contribution >= 0.6 is 11.3 Å². The molecule has 1 amide bonds. The van der Waals surface area contributed by atoms with Gasteiger partial charge in [-0.25, -0.2) is 0 Å². The molecule has 0 spiro atoms. The van der Waals surface area contributed by atoms with Gasteiger partial charge in [0.1, 0.15) is 0 Å². The number of rotatable bonds is 3. The second-order valence-corrected chi connectivity index (χ2v) is 4.90. The number of amides is 1. The lowest BCUT2D eigenvalue weighted by Crippen LogP contribution is -2.27. The molecule has 1 aromatic rings. The highest BCUT2D eigenvalue weighted by Gasteiger charge is 2.08. The minimum atomic E-state index is 0.0649. The van der Waals surface area contributed by atoms with Crippen LogP contribution in [-0.2, 0) is 11.3 Å². The van der Waals surface area contributed by atoms with Crippen LogP contribution in [0.3, 0.4) is 0 Å². The molecule has 78 valence electrons. The van der Waals surface area contributed by atoms with Gasteiger partial charge in [0.25, 0.3) is 0 Å². The van der Waals surface area contributed by atoms with Gasteiger partial charge in [0.2, 0.25) is 5.91 Å². The topological polar surface area (TPSA) is 29.1 Å². The Morgan fingerprint density at radius 2 is 2.14 bits per heavy atom. The Balaban J connectivity index is 2.54. The smallest absolute Gasteiger partial charge is 0.222 e. The van der Waals surface area contributed by atoms with Gasteiger partial charge in [-0.2, -0.15) is 0 Å². The molecule has 1 N–H and O–H groups in total. The second-order valence-electron chi connectivity index (χ2n) is 3.81. The van der Waals surface area contributed by atoms with E-state index in [4.69, 9.17) is 0 Å². The van der Waals surface area contributed by atoms with E-state index in [0.29, 0.717) is 6.54 Å². The first-order valence-electron chi connectivity index (χ1n) is 4.83. The Kier molecular flexibility index (Phi) is 3.69. The number of aryl methyl sites for hydroxylation is 1. The molecule has 14 heavy (non-hydrogen) atoms. The summed E-state index contributed by atoms with van der Waals surface area (Å²) in [6.07, 6.45) is 0. The molecule has 0 saturated heterocycles. The van der Waals surface area contributed by atoms with Gasteiger partial charge in [-0.15, -0.1) is 11.3 Å². The van der Waals surface area contributed by atoms with E-state index in [-0.39, 0.29) is 11.8 Å². The van der Waals surface area contributed by atoms with Gasteiger partial charge < -0.3 is 5.32 Å². The van der Waals surface area contributed by atoms with Crippen molar-refractivity contribution in [2.75, 3.05) is 0 Å². The second kappa shape index (κ2) is 4.60. The van der Waals surface area contributed by atoms with Gasteiger partial charge in [0.05, 0.1) is 0 Å². The van der Waals surface area contributed by atoms with Crippen LogP contribution in [0.1, 0.15) is 29.9 Å². The van der Waals surface area contributed by atoms with Crippen LogP contribution in [0.5, 0.6) is 0 Å². The predicted octanol–water partition coefficient (Wildman–Crippen LogP) is 2.64. The molecule has 1 aromatic heterocycles. The van der Waals surface area contributed by atoms with Crippen molar-refractivity contribution < 1.29 is 4.79 Å². The van der Waals surface area contributed by atoms with E-state index < -0.39 is 0 Å². The molecule has 0 aliphatic heterocycles. The van der Waals surface area contributed by atoms with Gasteiger partial charge in [-0.3, -0.25) is 4.79 Å². The maximum atomic E-state index is 11.3. The molecule has 0 bridgehead atoms. The molecule has 1 heterocycles. The summed E-state index contributed by atoms with van der Waals surface area (Å²) in [5.74, 6) is 0.184. The number of carbonyl (C=O) groups is 1. The van der Waals surface area contributed by atoms with E-state index >= 15 is 0 Å². The van der Waals surface area contributed by atoms with E-state index in [1.165, 1.54) is 16.0 Å². The van der Waals surface area contributed by atoms with Gasteiger partial charge in [-0.1, -0.05) is 13.8 Å². The van der Waals surface area contributed by atoms with Crippen LogP contribution in [0.4, 0.5) is 0 Å². The van der Waals surface area contributed by atoms with Crippen LogP contribution in [0, 0.1) is 19.8 Å². The standard InChI is InChI=1S/C11H17NOS/c1-7(2)11(13)12-5-10-6-14-9(4)8(10)3/h6-7H,5H2,1-4H3,(H,12,13). The van der Waals surface area contributed by atoms with Crippen LogP contribution in [0.15, 0.2) is 5.38 Å². The Morgan fingerprint density at radius 1 is 1.50 bits per heavy atom. The molecule has 1 rings (SSSR count). The maximum absolute atomic E-state index is 11.3. The number of hydrogen-bond donors (Lipinski definition) is 1. The number of thiophene rings is 1. The minimum Gasteiger partial charge on any atom is -0.352 e. The van der Waals surface area contributed by atoms with Crippen molar-refractivity contribution >= 4 is 17.2 Å². The Morgan fingerprint density at radius 3 is 2.57 bits per heavy atom. The zero-order valence-electron chi connectivity index (χ0n) is 9.18. The number of nitrogens with one attached hydrogen (secondary N) is 1. The first kappa shape index (κ1) is 11.2. The summed E-state index contributed by atoms with van der Waals surface area (Å²) in [5, 5.41) is 5.04. The van der Waals surface area contributed by atoms with Crippen LogP contribution in [0.2, 0.25) is 0 Å². The first-order valence-corrected chi connectivity index (χ1v) is 5.71. The molecule has 0 aliphatic rings. The van der Waals surface area contributed by atoms with Crippen molar-refractivity contribution in [1.29, 1.82) is 0 Å². The molecular weight excluding hydrogens is 194 g/mol. The van der Waals surface area contributed by atoms with Crippen molar-refractivity contribution in [2.24, 2.45) is 5.92 Å². The van der Waals surface area contributed by atoms with Crippen molar-refractivity contribution in [3.8, 4) is 0 Å². The van der Waals surface area contributed by atoms with Crippen molar-refractivity contribution in [1.82, 2.24) is 5.32 Å². The fraction of sp³-hybridized carbons (Fsp3) is 0.545. The van der Waals surface area contributed by atoms with Gasteiger partial charge in [0.15, 0.2) is 0 Å². The highest BCUT2D eigenvalue weighted by atomic mass is 32.1. The Labute approximate surface area is 89.3 Å². The summed E-state index contributed by atoms with van der Waals surface area (Å²) >= 11 is 1.74. The molecule has 0 aliphatic carbocycles. The highest BCUT2D eigenvalue weighted by molar-refractivity contribution is 7.10. The van der Waals surface area contributed by atoms with E-state index in [1.807, 2.05) is 13.8 Å². The molecular formula is C11H17NOS. The van der Waals surface area contributed by atoms with Crippen molar-refractivity contribution in [2.45, 2.75) is 34.2 Å². The summed E-state index contributed by atoms with van der Waals surface area (Å²) in [7, 11) is 0. The van der Waals surface area contributed by atoms with Crippen LogP contribution in [0.25, 0.3) is 0 Å². The molecule has 2 nitrogen and oxygen atoms in total. The normalized spacial score (nSPS) is 10.6. The first-order chi connectivity index (χ1) is 6.52. The average Bonchev–Trinajstić information content (AvgIpc) is 2.44. The summed E-state index contributed by atoms with van der Waals surface area (Å²) in [5.41, 5.74) is 2.54. The highest BCUT2D eigenvalue weighted by Crippen LogP contribution is 2.20. The lowest BCUT2D eigenvalue weighted by molar-refractivity contribution is -0.124.